The van der Waals surface area contributed by atoms with Crippen LogP contribution < -0.4 is 5.32 Å². The van der Waals surface area contributed by atoms with Crippen LogP contribution in [0, 0.1) is 0 Å². The summed E-state index contributed by atoms with van der Waals surface area (Å²) in [6, 6.07) is 7.71. The Morgan fingerprint density at radius 3 is 2.94 bits per heavy atom. The summed E-state index contributed by atoms with van der Waals surface area (Å²) in [6.45, 7) is 2.49. The smallest absolute Gasteiger partial charge is 0.413 e. The van der Waals surface area contributed by atoms with Gasteiger partial charge in [0.25, 0.3) is 0 Å². The second-order valence-corrected chi connectivity index (χ2v) is 4.10. The Labute approximate surface area is 106 Å². The van der Waals surface area contributed by atoms with Crippen molar-refractivity contribution in [2.75, 3.05) is 11.9 Å². The highest BCUT2D eigenvalue weighted by molar-refractivity contribution is 5.86. The van der Waals surface area contributed by atoms with E-state index >= 15 is 0 Å². The Balaban J connectivity index is 2.07. The SMILES string of the molecule is CCCCOC(=O)Nc1nc2ccccc2n1C. The number of ether oxygens (including phenoxy) is 1. The molecule has 1 aromatic heterocycles. The molecule has 0 saturated heterocycles. The predicted molar refractivity (Wildman–Crippen MR) is 70.6 cm³/mol. The minimum absolute atomic E-state index is 0.437. The number of hydrogen-bond donors (Lipinski definition) is 1. The number of benzene rings is 1. The number of carbonyl (C=O) groups is 1. The number of fused-ring (bicyclic) bond motifs is 1. The molecule has 2 aromatic rings. The van der Waals surface area contributed by atoms with Crippen LogP contribution in [0.4, 0.5) is 10.7 Å². The summed E-state index contributed by atoms with van der Waals surface area (Å²) in [5.41, 5.74) is 1.82. The molecule has 0 aliphatic heterocycles. The minimum Gasteiger partial charge on any atom is -0.449 e. The maximum atomic E-state index is 11.5. The average molecular weight is 247 g/mol. The number of imidazole rings is 1. The van der Waals surface area contributed by atoms with Crippen LogP contribution in [-0.2, 0) is 11.8 Å². The summed E-state index contributed by atoms with van der Waals surface area (Å²) in [5.74, 6) is 0.498. The monoisotopic (exact) mass is 247 g/mol. The number of carbonyl (C=O) groups excluding carboxylic acids is 1. The van der Waals surface area contributed by atoms with E-state index in [0.717, 1.165) is 23.9 Å². The molecule has 0 aliphatic rings. The molecule has 18 heavy (non-hydrogen) atoms. The number of hydrogen-bond acceptors (Lipinski definition) is 3. The Morgan fingerprint density at radius 1 is 1.44 bits per heavy atom. The molecule has 0 fully saturated rings. The third-order valence-electron chi connectivity index (χ3n) is 2.73. The summed E-state index contributed by atoms with van der Waals surface area (Å²) in [5, 5.41) is 2.65. The molecule has 1 N–H and O–H groups in total. The third kappa shape index (κ3) is 2.61. The standard InChI is InChI=1S/C13H17N3O2/c1-3-4-9-18-13(17)15-12-14-10-7-5-6-8-11(10)16(12)2/h5-8H,3-4,9H2,1-2H3,(H,14,15,17). The molecule has 0 bridgehead atoms. The first kappa shape index (κ1) is 12.4. The lowest BCUT2D eigenvalue weighted by Crippen LogP contribution is -2.16. The summed E-state index contributed by atoms with van der Waals surface area (Å²) in [7, 11) is 1.86. The van der Waals surface area contributed by atoms with Crippen molar-refractivity contribution in [1.29, 1.82) is 0 Å². The molecular weight excluding hydrogens is 230 g/mol. The number of anilines is 1. The molecule has 5 nitrogen and oxygen atoms in total. The normalized spacial score (nSPS) is 10.6. The number of amides is 1. The maximum Gasteiger partial charge on any atom is 0.413 e. The molecule has 0 spiro atoms. The first-order chi connectivity index (χ1) is 8.72. The van der Waals surface area contributed by atoms with E-state index in [-0.39, 0.29) is 0 Å². The predicted octanol–water partition coefficient (Wildman–Crippen LogP) is 2.92. The van der Waals surface area contributed by atoms with Gasteiger partial charge in [-0.2, -0.15) is 0 Å². The lowest BCUT2D eigenvalue weighted by Gasteiger charge is -2.05. The number of rotatable bonds is 4. The molecule has 1 amide bonds. The number of nitrogens with zero attached hydrogens (tertiary/aromatic N) is 2. The molecule has 2 rings (SSSR count). The molecule has 96 valence electrons. The van der Waals surface area contributed by atoms with Gasteiger partial charge in [-0.25, -0.2) is 9.78 Å². The number of aromatic nitrogens is 2. The van der Waals surface area contributed by atoms with E-state index in [0.29, 0.717) is 12.6 Å². The topological polar surface area (TPSA) is 56.1 Å². The Hall–Kier alpha value is -2.04. The van der Waals surface area contributed by atoms with Crippen LogP contribution in [-0.4, -0.2) is 22.3 Å². The van der Waals surface area contributed by atoms with E-state index in [1.165, 1.54) is 0 Å². The first-order valence-corrected chi connectivity index (χ1v) is 6.07. The van der Waals surface area contributed by atoms with Gasteiger partial charge in [-0.15, -0.1) is 0 Å². The maximum absolute atomic E-state index is 11.5. The molecule has 1 heterocycles. The van der Waals surface area contributed by atoms with Crippen LogP contribution >= 0.6 is 0 Å². The minimum atomic E-state index is -0.457. The highest BCUT2D eigenvalue weighted by atomic mass is 16.5. The number of nitrogens with one attached hydrogen (secondary N) is 1. The van der Waals surface area contributed by atoms with E-state index in [4.69, 9.17) is 4.74 Å². The van der Waals surface area contributed by atoms with Gasteiger partial charge in [-0.05, 0) is 18.6 Å². The lowest BCUT2D eigenvalue weighted by atomic mass is 10.3. The van der Waals surface area contributed by atoms with E-state index in [2.05, 4.69) is 10.3 Å². The average Bonchev–Trinajstić information content (AvgIpc) is 2.67. The van der Waals surface area contributed by atoms with Crippen LogP contribution in [0.5, 0.6) is 0 Å². The molecule has 0 atom stereocenters. The Kier molecular flexibility index (Phi) is 3.82. The Bertz CT molecular complexity index is 548. The fraction of sp³-hybridized carbons (Fsp3) is 0.385. The second kappa shape index (κ2) is 5.53. The second-order valence-electron chi connectivity index (χ2n) is 4.10. The molecule has 0 unspecified atom stereocenters. The number of unbranched alkanes of at least 4 members (excludes halogenated alkanes) is 1. The van der Waals surface area contributed by atoms with E-state index in [1.807, 2.05) is 42.8 Å². The quantitative estimate of drug-likeness (QED) is 0.845. The van der Waals surface area contributed by atoms with Crippen LogP contribution in [0.1, 0.15) is 19.8 Å². The third-order valence-corrected chi connectivity index (χ3v) is 2.73. The van der Waals surface area contributed by atoms with Crippen LogP contribution in [0.3, 0.4) is 0 Å². The molecular formula is C13H17N3O2. The van der Waals surface area contributed by atoms with Gasteiger partial charge in [-0.1, -0.05) is 25.5 Å². The van der Waals surface area contributed by atoms with Gasteiger partial charge in [0.1, 0.15) is 0 Å². The molecule has 0 aliphatic carbocycles. The van der Waals surface area contributed by atoms with Crippen LogP contribution in [0.25, 0.3) is 11.0 Å². The van der Waals surface area contributed by atoms with Crippen molar-refractivity contribution in [3.05, 3.63) is 24.3 Å². The van der Waals surface area contributed by atoms with Crippen LogP contribution in [0.2, 0.25) is 0 Å². The molecule has 5 heteroatoms. The zero-order valence-electron chi connectivity index (χ0n) is 10.6. The van der Waals surface area contributed by atoms with Gasteiger partial charge in [0.15, 0.2) is 0 Å². The van der Waals surface area contributed by atoms with Gasteiger partial charge in [0.2, 0.25) is 5.95 Å². The summed E-state index contributed by atoms with van der Waals surface area (Å²) >= 11 is 0. The largest absolute Gasteiger partial charge is 0.449 e. The number of para-hydroxylation sites is 2. The van der Waals surface area contributed by atoms with E-state index < -0.39 is 6.09 Å². The van der Waals surface area contributed by atoms with Crippen molar-refractivity contribution < 1.29 is 9.53 Å². The lowest BCUT2D eigenvalue weighted by molar-refractivity contribution is 0.159. The van der Waals surface area contributed by atoms with Crippen molar-refractivity contribution >= 4 is 23.1 Å². The van der Waals surface area contributed by atoms with Crippen LogP contribution in [0.15, 0.2) is 24.3 Å². The van der Waals surface area contributed by atoms with E-state index in [9.17, 15) is 4.79 Å². The van der Waals surface area contributed by atoms with Gasteiger partial charge in [-0.3, -0.25) is 5.32 Å². The fourth-order valence-corrected chi connectivity index (χ4v) is 1.69. The van der Waals surface area contributed by atoms with Crippen molar-refractivity contribution in [2.24, 2.45) is 7.05 Å². The molecule has 0 saturated carbocycles. The van der Waals surface area contributed by atoms with Crippen molar-refractivity contribution in [3.63, 3.8) is 0 Å². The van der Waals surface area contributed by atoms with Gasteiger partial charge >= 0.3 is 6.09 Å². The van der Waals surface area contributed by atoms with Crippen molar-refractivity contribution in [2.45, 2.75) is 19.8 Å². The highest BCUT2D eigenvalue weighted by Gasteiger charge is 2.10. The van der Waals surface area contributed by atoms with Gasteiger partial charge in [0.05, 0.1) is 17.6 Å². The van der Waals surface area contributed by atoms with E-state index in [1.54, 1.807) is 0 Å². The number of aryl methyl sites for hydroxylation is 1. The highest BCUT2D eigenvalue weighted by Crippen LogP contribution is 2.17. The van der Waals surface area contributed by atoms with Crippen molar-refractivity contribution in [1.82, 2.24) is 9.55 Å². The van der Waals surface area contributed by atoms with Crippen molar-refractivity contribution in [3.8, 4) is 0 Å². The summed E-state index contributed by atoms with van der Waals surface area (Å²) in [6.07, 6.45) is 1.41. The van der Waals surface area contributed by atoms with Gasteiger partial charge < -0.3 is 9.30 Å². The fourth-order valence-electron chi connectivity index (χ4n) is 1.69. The summed E-state index contributed by atoms with van der Waals surface area (Å²) in [4.78, 5) is 15.9. The molecule has 0 radical (unpaired) electrons. The van der Waals surface area contributed by atoms with Gasteiger partial charge in [0, 0.05) is 7.05 Å². The first-order valence-electron chi connectivity index (χ1n) is 6.07. The zero-order chi connectivity index (χ0) is 13.0. The summed E-state index contributed by atoms with van der Waals surface area (Å²) < 4.78 is 6.86. The Morgan fingerprint density at radius 2 is 2.22 bits per heavy atom. The zero-order valence-corrected chi connectivity index (χ0v) is 10.6. The molecule has 1 aromatic carbocycles.